The lowest BCUT2D eigenvalue weighted by atomic mass is 10.1. The quantitative estimate of drug-likeness (QED) is 0.469. The number of anilines is 1. The molecule has 4 heteroatoms. The summed E-state index contributed by atoms with van der Waals surface area (Å²) in [6.07, 6.45) is 3.03. The van der Waals surface area contributed by atoms with E-state index in [1.807, 2.05) is 0 Å². The molecule has 1 aromatic carbocycles. The van der Waals surface area contributed by atoms with Crippen molar-refractivity contribution in [3.05, 3.63) is 23.8 Å². The summed E-state index contributed by atoms with van der Waals surface area (Å²) in [5.41, 5.74) is 6.49. The van der Waals surface area contributed by atoms with Gasteiger partial charge in [-0.25, -0.2) is 4.79 Å². The minimum absolute atomic E-state index is 0.362. The fraction of sp³-hybridized carbons (Fsp3) is 0.462. The Labute approximate surface area is 102 Å². The number of hydrogen-bond donors (Lipinski definition) is 1. The normalized spacial score (nSPS) is 10.0. The molecule has 0 atom stereocenters. The highest BCUT2D eigenvalue weighted by molar-refractivity contribution is 5.95. The minimum Gasteiger partial charge on any atom is -0.497 e. The van der Waals surface area contributed by atoms with Crippen molar-refractivity contribution >= 4 is 11.7 Å². The van der Waals surface area contributed by atoms with Crippen LogP contribution in [0.1, 0.15) is 36.5 Å². The number of nitrogen functional groups attached to an aromatic ring is 1. The van der Waals surface area contributed by atoms with Gasteiger partial charge in [0.15, 0.2) is 0 Å². The molecule has 0 amide bonds. The van der Waals surface area contributed by atoms with Gasteiger partial charge in [0.1, 0.15) is 5.75 Å². The van der Waals surface area contributed by atoms with Crippen LogP contribution in [0.4, 0.5) is 5.69 Å². The molecule has 0 aliphatic heterocycles. The zero-order valence-corrected chi connectivity index (χ0v) is 10.4. The van der Waals surface area contributed by atoms with Crippen molar-refractivity contribution < 1.29 is 14.3 Å². The molecule has 0 heterocycles. The SMILES string of the molecule is CCCCCOC(=O)c1cc(OC)ccc1N. The lowest BCUT2D eigenvalue weighted by molar-refractivity contribution is 0.0499. The molecule has 4 nitrogen and oxygen atoms in total. The van der Waals surface area contributed by atoms with Gasteiger partial charge in [0, 0.05) is 5.69 Å². The smallest absolute Gasteiger partial charge is 0.340 e. The van der Waals surface area contributed by atoms with Gasteiger partial charge in [0.2, 0.25) is 0 Å². The first kappa shape index (κ1) is 13.4. The Morgan fingerprint density at radius 3 is 2.76 bits per heavy atom. The Morgan fingerprint density at radius 2 is 2.12 bits per heavy atom. The van der Waals surface area contributed by atoms with Gasteiger partial charge in [0.05, 0.1) is 19.3 Å². The van der Waals surface area contributed by atoms with Crippen LogP contribution in [0.15, 0.2) is 18.2 Å². The lowest BCUT2D eigenvalue weighted by Crippen LogP contribution is -2.09. The number of esters is 1. The molecule has 0 fully saturated rings. The third kappa shape index (κ3) is 3.98. The summed E-state index contributed by atoms with van der Waals surface area (Å²) in [5, 5.41) is 0. The molecular formula is C13H19NO3. The summed E-state index contributed by atoms with van der Waals surface area (Å²) in [6, 6.07) is 4.95. The Hall–Kier alpha value is -1.71. The van der Waals surface area contributed by atoms with Crippen molar-refractivity contribution in [2.75, 3.05) is 19.5 Å². The number of unbranched alkanes of at least 4 members (excludes halogenated alkanes) is 2. The van der Waals surface area contributed by atoms with E-state index in [4.69, 9.17) is 15.2 Å². The number of methoxy groups -OCH3 is 1. The molecule has 0 saturated carbocycles. The van der Waals surface area contributed by atoms with E-state index in [0.29, 0.717) is 23.6 Å². The van der Waals surface area contributed by atoms with Crippen LogP contribution in [0, 0.1) is 0 Å². The average Bonchev–Trinajstić information content (AvgIpc) is 2.35. The van der Waals surface area contributed by atoms with E-state index in [9.17, 15) is 4.79 Å². The number of nitrogens with two attached hydrogens (primary N) is 1. The van der Waals surface area contributed by atoms with Crippen molar-refractivity contribution in [2.45, 2.75) is 26.2 Å². The monoisotopic (exact) mass is 237 g/mol. The van der Waals surface area contributed by atoms with Crippen LogP contribution < -0.4 is 10.5 Å². The molecule has 0 saturated heterocycles. The molecule has 1 rings (SSSR count). The fourth-order valence-corrected chi connectivity index (χ4v) is 1.43. The van der Waals surface area contributed by atoms with Gasteiger partial charge in [-0.15, -0.1) is 0 Å². The highest BCUT2D eigenvalue weighted by Crippen LogP contribution is 2.20. The van der Waals surface area contributed by atoms with E-state index in [1.54, 1.807) is 25.3 Å². The fourth-order valence-electron chi connectivity index (χ4n) is 1.43. The molecule has 0 unspecified atom stereocenters. The molecule has 0 spiro atoms. The van der Waals surface area contributed by atoms with Crippen molar-refractivity contribution in [3.8, 4) is 5.75 Å². The second-order valence-corrected chi connectivity index (χ2v) is 3.80. The van der Waals surface area contributed by atoms with E-state index in [2.05, 4.69) is 6.92 Å². The van der Waals surface area contributed by atoms with Crippen LogP contribution in [-0.4, -0.2) is 19.7 Å². The van der Waals surface area contributed by atoms with Crippen LogP contribution in [0.25, 0.3) is 0 Å². The highest BCUT2D eigenvalue weighted by Gasteiger charge is 2.12. The summed E-state index contributed by atoms with van der Waals surface area (Å²) in [6.45, 7) is 2.53. The van der Waals surface area contributed by atoms with E-state index in [-0.39, 0.29) is 0 Å². The second-order valence-electron chi connectivity index (χ2n) is 3.80. The molecule has 94 valence electrons. The number of carbonyl (C=O) groups excluding carboxylic acids is 1. The van der Waals surface area contributed by atoms with Crippen molar-refractivity contribution in [1.29, 1.82) is 0 Å². The summed E-state index contributed by atoms with van der Waals surface area (Å²) in [4.78, 5) is 11.7. The van der Waals surface area contributed by atoms with Crippen LogP contribution in [0.3, 0.4) is 0 Å². The van der Waals surface area contributed by atoms with Gasteiger partial charge in [-0.3, -0.25) is 0 Å². The Bertz CT molecular complexity index is 377. The number of carbonyl (C=O) groups is 1. The third-order valence-corrected chi connectivity index (χ3v) is 2.46. The average molecular weight is 237 g/mol. The Balaban J connectivity index is 2.61. The van der Waals surface area contributed by atoms with Gasteiger partial charge in [-0.1, -0.05) is 19.8 Å². The van der Waals surface area contributed by atoms with Crippen molar-refractivity contribution in [3.63, 3.8) is 0 Å². The second kappa shape index (κ2) is 6.78. The first-order chi connectivity index (χ1) is 8.19. The topological polar surface area (TPSA) is 61.5 Å². The van der Waals surface area contributed by atoms with Gasteiger partial charge in [-0.05, 0) is 24.6 Å². The maximum absolute atomic E-state index is 11.7. The zero-order valence-electron chi connectivity index (χ0n) is 10.4. The van der Waals surface area contributed by atoms with Gasteiger partial charge in [0.25, 0.3) is 0 Å². The van der Waals surface area contributed by atoms with Gasteiger partial charge in [-0.2, -0.15) is 0 Å². The molecule has 2 N–H and O–H groups in total. The summed E-state index contributed by atoms with van der Waals surface area (Å²) in [7, 11) is 1.54. The maximum Gasteiger partial charge on any atom is 0.340 e. The third-order valence-electron chi connectivity index (χ3n) is 2.46. The molecule has 1 aromatic rings. The highest BCUT2D eigenvalue weighted by atomic mass is 16.5. The van der Waals surface area contributed by atoms with Gasteiger partial charge >= 0.3 is 5.97 Å². The van der Waals surface area contributed by atoms with Crippen molar-refractivity contribution in [1.82, 2.24) is 0 Å². The summed E-state index contributed by atoms with van der Waals surface area (Å²) in [5.74, 6) is 0.206. The van der Waals surface area contributed by atoms with Gasteiger partial charge < -0.3 is 15.2 Å². The number of benzene rings is 1. The molecule has 0 aliphatic rings. The van der Waals surface area contributed by atoms with E-state index >= 15 is 0 Å². The molecular weight excluding hydrogens is 218 g/mol. The van der Waals surface area contributed by atoms with Crippen LogP contribution >= 0.6 is 0 Å². The zero-order chi connectivity index (χ0) is 12.7. The molecule has 0 aliphatic carbocycles. The van der Waals surface area contributed by atoms with Crippen LogP contribution in [-0.2, 0) is 4.74 Å². The predicted molar refractivity (Wildman–Crippen MR) is 67.2 cm³/mol. The molecule has 0 bridgehead atoms. The lowest BCUT2D eigenvalue weighted by Gasteiger charge is -2.08. The standard InChI is InChI=1S/C13H19NO3/c1-3-4-5-8-17-13(15)11-9-10(16-2)6-7-12(11)14/h6-7,9H,3-5,8,14H2,1-2H3. The molecule has 0 radical (unpaired) electrons. The molecule has 17 heavy (non-hydrogen) atoms. The largest absolute Gasteiger partial charge is 0.497 e. The first-order valence-electron chi connectivity index (χ1n) is 5.79. The number of hydrogen-bond acceptors (Lipinski definition) is 4. The van der Waals surface area contributed by atoms with E-state index in [0.717, 1.165) is 19.3 Å². The Kier molecular flexibility index (Phi) is 5.33. The summed E-state index contributed by atoms with van der Waals surface area (Å²) < 4.78 is 10.2. The maximum atomic E-state index is 11.7. The predicted octanol–water partition coefficient (Wildman–Crippen LogP) is 2.62. The minimum atomic E-state index is -0.391. The van der Waals surface area contributed by atoms with Crippen molar-refractivity contribution in [2.24, 2.45) is 0 Å². The first-order valence-corrected chi connectivity index (χ1v) is 5.79. The molecule has 0 aromatic heterocycles. The summed E-state index contributed by atoms with van der Waals surface area (Å²) >= 11 is 0. The van der Waals surface area contributed by atoms with E-state index in [1.165, 1.54) is 0 Å². The van der Waals surface area contributed by atoms with Crippen LogP contribution in [0.5, 0.6) is 5.75 Å². The van der Waals surface area contributed by atoms with Crippen LogP contribution in [0.2, 0.25) is 0 Å². The number of ether oxygens (including phenoxy) is 2. The number of rotatable bonds is 6. The Morgan fingerprint density at radius 1 is 1.35 bits per heavy atom. The van der Waals surface area contributed by atoms with E-state index < -0.39 is 5.97 Å².